The predicted molar refractivity (Wildman–Crippen MR) is 122 cm³/mol. The van der Waals surface area contributed by atoms with Gasteiger partial charge in [-0.3, -0.25) is 4.90 Å². The molecule has 2 aromatic carbocycles. The van der Waals surface area contributed by atoms with Crippen LogP contribution in [0, 0.1) is 11.7 Å². The Bertz CT molecular complexity index is 1000. The second-order valence-corrected chi connectivity index (χ2v) is 8.94. The first-order valence-corrected chi connectivity index (χ1v) is 11.6. The van der Waals surface area contributed by atoms with E-state index in [2.05, 4.69) is 59.0 Å². The molecule has 5 rings (SSSR count). The number of halogens is 1. The van der Waals surface area contributed by atoms with Crippen molar-refractivity contribution in [1.82, 2.24) is 9.47 Å². The average molecular weight is 419 g/mol. The summed E-state index contributed by atoms with van der Waals surface area (Å²) in [6.07, 6.45) is 6.72. The molecule has 0 aliphatic carbocycles. The van der Waals surface area contributed by atoms with Gasteiger partial charge in [0, 0.05) is 23.7 Å². The van der Waals surface area contributed by atoms with Gasteiger partial charge in [0.25, 0.3) is 0 Å². The Hall–Kier alpha value is -2.59. The number of para-hydroxylation sites is 1. The van der Waals surface area contributed by atoms with Crippen molar-refractivity contribution in [2.75, 3.05) is 13.1 Å². The minimum atomic E-state index is -0.161. The quantitative estimate of drug-likeness (QED) is 0.479. The number of piperidine rings is 1. The van der Waals surface area contributed by atoms with Gasteiger partial charge in [0.15, 0.2) is 0 Å². The van der Waals surface area contributed by atoms with Crippen molar-refractivity contribution in [3.8, 4) is 5.75 Å². The molecule has 4 heteroatoms. The first-order chi connectivity index (χ1) is 15.2. The SMILES string of the molecule is CCCC(c1ccc(F)cc1)N1CCC(C2Oc3ccccc3Cn3cccc32)CC1. The summed E-state index contributed by atoms with van der Waals surface area (Å²) in [6.45, 7) is 5.20. The van der Waals surface area contributed by atoms with E-state index in [4.69, 9.17) is 4.74 Å². The lowest BCUT2D eigenvalue weighted by atomic mass is 9.87. The fourth-order valence-corrected chi connectivity index (χ4v) is 5.35. The van der Waals surface area contributed by atoms with E-state index in [9.17, 15) is 4.39 Å². The molecule has 3 aromatic rings. The van der Waals surface area contributed by atoms with E-state index >= 15 is 0 Å². The lowest BCUT2D eigenvalue weighted by molar-refractivity contribution is 0.0548. The van der Waals surface area contributed by atoms with E-state index in [1.807, 2.05) is 12.1 Å². The molecule has 1 fully saturated rings. The zero-order valence-electron chi connectivity index (χ0n) is 18.2. The Morgan fingerprint density at radius 1 is 1.00 bits per heavy atom. The maximum atomic E-state index is 13.4. The number of rotatable bonds is 5. The van der Waals surface area contributed by atoms with Gasteiger partial charge in [-0.15, -0.1) is 0 Å². The van der Waals surface area contributed by atoms with Crippen LogP contribution in [0.5, 0.6) is 5.75 Å². The van der Waals surface area contributed by atoms with Gasteiger partial charge in [0.2, 0.25) is 0 Å². The molecular formula is C27H31FN2O. The molecule has 2 aliphatic heterocycles. The second kappa shape index (κ2) is 8.88. The summed E-state index contributed by atoms with van der Waals surface area (Å²) in [6, 6.07) is 20.3. The third kappa shape index (κ3) is 4.14. The molecule has 0 saturated carbocycles. The molecule has 1 aromatic heterocycles. The maximum Gasteiger partial charge on any atom is 0.141 e. The van der Waals surface area contributed by atoms with Gasteiger partial charge >= 0.3 is 0 Å². The predicted octanol–water partition coefficient (Wildman–Crippen LogP) is 6.36. The highest BCUT2D eigenvalue weighted by molar-refractivity contribution is 5.36. The van der Waals surface area contributed by atoms with Gasteiger partial charge in [-0.25, -0.2) is 4.39 Å². The molecule has 0 amide bonds. The number of benzene rings is 2. The molecular weight excluding hydrogens is 387 g/mol. The van der Waals surface area contributed by atoms with Crippen molar-refractivity contribution in [3.05, 3.63) is 89.5 Å². The van der Waals surface area contributed by atoms with E-state index in [0.29, 0.717) is 12.0 Å². The molecule has 162 valence electrons. The third-order valence-corrected chi connectivity index (χ3v) is 6.98. The van der Waals surface area contributed by atoms with E-state index in [1.54, 1.807) is 12.1 Å². The first-order valence-electron chi connectivity index (χ1n) is 11.6. The summed E-state index contributed by atoms with van der Waals surface area (Å²) in [5, 5.41) is 0. The molecule has 2 aliphatic rings. The topological polar surface area (TPSA) is 17.4 Å². The van der Waals surface area contributed by atoms with Crippen LogP contribution in [0.3, 0.4) is 0 Å². The minimum absolute atomic E-state index is 0.0937. The first kappa shape index (κ1) is 20.3. The van der Waals surface area contributed by atoms with E-state index < -0.39 is 0 Å². The van der Waals surface area contributed by atoms with Crippen LogP contribution in [-0.2, 0) is 6.54 Å². The Morgan fingerprint density at radius 2 is 1.77 bits per heavy atom. The molecule has 2 unspecified atom stereocenters. The third-order valence-electron chi connectivity index (χ3n) is 6.98. The number of aromatic nitrogens is 1. The second-order valence-electron chi connectivity index (χ2n) is 8.94. The van der Waals surface area contributed by atoms with Crippen molar-refractivity contribution in [2.24, 2.45) is 5.92 Å². The highest BCUT2D eigenvalue weighted by Crippen LogP contribution is 2.40. The number of hydrogen-bond acceptors (Lipinski definition) is 2. The lowest BCUT2D eigenvalue weighted by Gasteiger charge is -2.40. The van der Waals surface area contributed by atoms with Crippen molar-refractivity contribution in [2.45, 2.75) is 51.3 Å². The van der Waals surface area contributed by atoms with Crippen LogP contribution in [0.2, 0.25) is 0 Å². The highest BCUT2D eigenvalue weighted by Gasteiger charge is 2.34. The molecule has 0 bridgehead atoms. The lowest BCUT2D eigenvalue weighted by Crippen LogP contribution is -2.39. The van der Waals surface area contributed by atoms with E-state index in [0.717, 1.165) is 51.1 Å². The standard InChI is InChI=1S/C27H31FN2O/c1-2-6-24(20-10-12-23(28)13-11-20)29-17-14-21(15-18-29)27-25-8-5-16-30(25)19-22-7-3-4-9-26(22)31-27/h3-5,7-13,16,21,24,27H,2,6,14-15,17-19H2,1H3. The Morgan fingerprint density at radius 3 is 2.55 bits per heavy atom. The monoisotopic (exact) mass is 418 g/mol. The normalized spacial score (nSPS) is 20.4. The van der Waals surface area contributed by atoms with Crippen molar-refractivity contribution in [3.63, 3.8) is 0 Å². The van der Waals surface area contributed by atoms with E-state index in [-0.39, 0.29) is 11.9 Å². The number of nitrogens with zero attached hydrogens (tertiary/aromatic N) is 2. The van der Waals surface area contributed by atoms with Crippen molar-refractivity contribution >= 4 is 0 Å². The highest BCUT2D eigenvalue weighted by atomic mass is 19.1. The summed E-state index contributed by atoms with van der Waals surface area (Å²) in [5.41, 5.74) is 3.77. The van der Waals surface area contributed by atoms with Gasteiger partial charge in [-0.2, -0.15) is 0 Å². The van der Waals surface area contributed by atoms with Gasteiger partial charge in [-0.05, 0) is 68.2 Å². The number of ether oxygens (including phenoxy) is 1. The van der Waals surface area contributed by atoms with Crippen LogP contribution in [0.4, 0.5) is 4.39 Å². The van der Waals surface area contributed by atoms with Gasteiger partial charge < -0.3 is 9.30 Å². The summed E-state index contributed by atoms with van der Waals surface area (Å²) in [4.78, 5) is 2.59. The summed E-state index contributed by atoms with van der Waals surface area (Å²) < 4.78 is 22.4. The van der Waals surface area contributed by atoms with Crippen LogP contribution in [0.1, 0.15) is 61.6 Å². The minimum Gasteiger partial charge on any atom is -0.484 e. The fourth-order valence-electron chi connectivity index (χ4n) is 5.35. The molecule has 1 saturated heterocycles. The number of hydrogen-bond donors (Lipinski definition) is 0. The van der Waals surface area contributed by atoms with Gasteiger partial charge in [0.1, 0.15) is 17.7 Å². The fraction of sp³-hybridized carbons (Fsp3) is 0.407. The smallest absolute Gasteiger partial charge is 0.141 e. The van der Waals surface area contributed by atoms with Crippen LogP contribution in [0.25, 0.3) is 0 Å². The van der Waals surface area contributed by atoms with E-state index in [1.165, 1.54) is 16.8 Å². The summed E-state index contributed by atoms with van der Waals surface area (Å²) >= 11 is 0. The Balaban J connectivity index is 1.33. The molecule has 0 spiro atoms. The van der Waals surface area contributed by atoms with Gasteiger partial charge in [0.05, 0.1) is 12.2 Å². The van der Waals surface area contributed by atoms with Crippen LogP contribution in [-0.4, -0.2) is 22.6 Å². The zero-order chi connectivity index (χ0) is 21.2. The van der Waals surface area contributed by atoms with Crippen molar-refractivity contribution in [1.29, 1.82) is 0 Å². The molecule has 3 heterocycles. The molecule has 3 nitrogen and oxygen atoms in total. The van der Waals surface area contributed by atoms with Crippen LogP contribution < -0.4 is 4.74 Å². The summed E-state index contributed by atoms with van der Waals surface area (Å²) in [7, 11) is 0. The van der Waals surface area contributed by atoms with Crippen molar-refractivity contribution < 1.29 is 9.13 Å². The maximum absolute atomic E-state index is 13.4. The summed E-state index contributed by atoms with van der Waals surface area (Å²) in [5.74, 6) is 1.35. The molecule has 0 radical (unpaired) electrons. The number of fused-ring (bicyclic) bond motifs is 2. The zero-order valence-corrected chi connectivity index (χ0v) is 18.2. The molecule has 2 atom stereocenters. The van der Waals surface area contributed by atoms with Crippen LogP contribution >= 0.6 is 0 Å². The average Bonchev–Trinajstić information content (AvgIpc) is 3.19. The Kier molecular flexibility index (Phi) is 5.82. The number of likely N-dealkylation sites (tertiary alicyclic amines) is 1. The Labute approximate surface area is 184 Å². The largest absolute Gasteiger partial charge is 0.484 e. The molecule has 0 N–H and O–H groups in total. The van der Waals surface area contributed by atoms with Gasteiger partial charge in [-0.1, -0.05) is 43.7 Å². The molecule has 31 heavy (non-hydrogen) atoms. The van der Waals surface area contributed by atoms with Crippen LogP contribution in [0.15, 0.2) is 66.9 Å².